The van der Waals surface area contributed by atoms with Gasteiger partial charge in [0.05, 0.1) is 16.9 Å². The van der Waals surface area contributed by atoms with Crippen LogP contribution < -0.4 is 5.32 Å². The van der Waals surface area contributed by atoms with Gasteiger partial charge in [0.25, 0.3) is 0 Å². The maximum absolute atomic E-state index is 12.6. The van der Waals surface area contributed by atoms with Gasteiger partial charge in [0, 0.05) is 30.7 Å². The Labute approximate surface area is 145 Å². The molecule has 126 valence electrons. The van der Waals surface area contributed by atoms with Crippen LogP contribution in [0.25, 0.3) is 0 Å². The highest BCUT2D eigenvalue weighted by atomic mass is 79.9. The summed E-state index contributed by atoms with van der Waals surface area (Å²) in [6, 6.07) is 7.89. The Hall–Kier alpha value is -0.920. The first kappa shape index (κ1) is 16.9. The molecule has 0 radical (unpaired) electrons. The molecule has 5 nitrogen and oxygen atoms in total. The van der Waals surface area contributed by atoms with Gasteiger partial charge < -0.3 is 5.32 Å². The fraction of sp³-hybridized carbons (Fsp3) is 0.562. The highest BCUT2D eigenvalue weighted by Crippen LogP contribution is 2.50. The second kappa shape index (κ2) is 6.53. The lowest BCUT2D eigenvalue weighted by molar-refractivity contribution is -0.123. The number of amides is 1. The maximum Gasteiger partial charge on any atom is 0.230 e. The fourth-order valence-electron chi connectivity index (χ4n) is 3.06. The zero-order valence-corrected chi connectivity index (χ0v) is 15.3. The molecule has 0 bridgehead atoms. The van der Waals surface area contributed by atoms with Gasteiger partial charge in [-0.1, -0.05) is 34.1 Å². The lowest BCUT2D eigenvalue weighted by Gasteiger charge is -2.27. The van der Waals surface area contributed by atoms with Crippen molar-refractivity contribution < 1.29 is 13.2 Å². The van der Waals surface area contributed by atoms with Crippen molar-refractivity contribution in [3.8, 4) is 0 Å². The highest BCUT2D eigenvalue weighted by molar-refractivity contribution is 9.10. The second-order valence-corrected chi connectivity index (χ2v) is 9.47. The number of nitrogens with one attached hydrogen (secondary N) is 1. The van der Waals surface area contributed by atoms with Crippen molar-refractivity contribution in [1.29, 1.82) is 0 Å². The molecule has 7 heteroatoms. The molecule has 1 N–H and O–H groups in total. The minimum Gasteiger partial charge on any atom is -0.354 e. The Bertz CT molecular complexity index is 687. The molecule has 1 aromatic carbocycles. The molecular weight excluding hydrogens is 380 g/mol. The van der Waals surface area contributed by atoms with Crippen molar-refractivity contribution in [3.05, 3.63) is 34.3 Å². The molecule has 23 heavy (non-hydrogen) atoms. The van der Waals surface area contributed by atoms with Gasteiger partial charge in [0.15, 0.2) is 9.84 Å². The van der Waals surface area contributed by atoms with Crippen molar-refractivity contribution in [1.82, 2.24) is 10.2 Å². The van der Waals surface area contributed by atoms with Crippen LogP contribution in [0.3, 0.4) is 0 Å². The fourth-order valence-corrected chi connectivity index (χ4v) is 5.00. The van der Waals surface area contributed by atoms with E-state index in [0.717, 1.165) is 22.9 Å². The molecule has 0 aromatic heterocycles. The number of rotatable bonds is 5. The van der Waals surface area contributed by atoms with Crippen molar-refractivity contribution in [3.63, 3.8) is 0 Å². The van der Waals surface area contributed by atoms with E-state index >= 15 is 0 Å². The van der Waals surface area contributed by atoms with E-state index in [1.54, 1.807) is 0 Å². The monoisotopic (exact) mass is 400 g/mol. The van der Waals surface area contributed by atoms with Crippen LogP contribution in [-0.4, -0.2) is 56.9 Å². The summed E-state index contributed by atoms with van der Waals surface area (Å²) < 4.78 is 23.8. The summed E-state index contributed by atoms with van der Waals surface area (Å²) in [5.74, 6) is 0.526. The van der Waals surface area contributed by atoms with Gasteiger partial charge in [0.1, 0.15) is 0 Å². The van der Waals surface area contributed by atoms with Gasteiger partial charge in [0.2, 0.25) is 5.91 Å². The average molecular weight is 401 g/mol. The molecule has 2 aliphatic rings. The van der Waals surface area contributed by atoms with Crippen LogP contribution in [0.1, 0.15) is 18.4 Å². The minimum absolute atomic E-state index is 0.0778. The largest absolute Gasteiger partial charge is 0.354 e. The van der Waals surface area contributed by atoms with Gasteiger partial charge in [-0.25, -0.2) is 8.42 Å². The first-order valence-electron chi connectivity index (χ1n) is 7.89. The number of halogens is 1. The Morgan fingerprint density at radius 1 is 1.22 bits per heavy atom. The smallest absolute Gasteiger partial charge is 0.230 e. The molecule has 1 heterocycles. The maximum atomic E-state index is 12.6. The Morgan fingerprint density at radius 3 is 2.48 bits per heavy atom. The molecule has 1 amide bonds. The molecule has 1 aliphatic carbocycles. The summed E-state index contributed by atoms with van der Waals surface area (Å²) in [5.41, 5.74) is 0.673. The van der Waals surface area contributed by atoms with Crippen LogP contribution in [0, 0.1) is 0 Å². The minimum atomic E-state index is -2.85. The number of hydrogen-bond acceptors (Lipinski definition) is 4. The normalized spacial score (nSPS) is 22.5. The Kier molecular flexibility index (Phi) is 4.80. The van der Waals surface area contributed by atoms with E-state index in [0.29, 0.717) is 26.2 Å². The topological polar surface area (TPSA) is 66.5 Å². The van der Waals surface area contributed by atoms with Crippen molar-refractivity contribution in [2.24, 2.45) is 0 Å². The quantitative estimate of drug-likeness (QED) is 0.809. The first-order valence-corrected chi connectivity index (χ1v) is 10.5. The second-order valence-electron chi connectivity index (χ2n) is 6.31. The predicted molar refractivity (Wildman–Crippen MR) is 93.2 cm³/mol. The molecular formula is C16H21BrN2O3S. The lowest BCUT2D eigenvalue weighted by Crippen LogP contribution is -2.45. The number of carbonyl (C=O) groups excluding carboxylic acids is 1. The van der Waals surface area contributed by atoms with Crippen LogP contribution in [0.15, 0.2) is 28.7 Å². The van der Waals surface area contributed by atoms with Crippen LogP contribution in [0.4, 0.5) is 0 Å². The molecule has 1 aromatic rings. The number of benzene rings is 1. The van der Waals surface area contributed by atoms with Crippen molar-refractivity contribution >= 4 is 31.7 Å². The first-order chi connectivity index (χ1) is 10.9. The summed E-state index contributed by atoms with van der Waals surface area (Å²) >= 11 is 3.54. The van der Waals surface area contributed by atoms with Gasteiger partial charge in [-0.2, -0.15) is 0 Å². The molecule has 0 unspecified atom stereocenters. The lowest BCUT2D eigenvalue weighted by atomic mass is 9.95. The molecule has 0 spiro atoms. The van der Waals surface area contributed by atoms with Gasteiger partial charge in [-0.3, -0.25) is 9.69 Å². The zero-order chi connectivity index (χ0) is 16.5. The van der Waals surface area contributed by atoms with Gasteiger partial charge in [-0.05, 0) is 24.5 Å². The summed E-state index contributed by atoms with van der Waals surface area (Å²) in [6.45, 7) is 2.39. The van der Waals surface area contributed by atoms with Crippen LogP contribution >= 0.6 is 15.9 Å². The van der Waals surface area contributed by atoms with E-state index in [4.69, 9.17) is 0 Å². The number of sulfone groups is 1. The van der Waals surface area contributed by atoms with E-state index in [1.807, 2.05) is 24.3 Å². The zero-order valence-electron chi connectivity index (χ0n) is 12.9. The molecule has 2 fully saturated rings. The molecule has 1 aliphatic heterocycles. The predicted octanol–water partition coefficient (Wildman–Crippen LogP) is 1.33. The summed E-state index contributed by atoms with van der Waals surface area (Å²) in [7, 11) is -2.85. The summed E-state index contributed by atoms with van der Waals surface area (Å²) in [5, 5.41) is 3.03. The number of nitrogens with zero attached hydrogens (tertiary/aromatic N) is 1. The van der Waals surface area contributed by atoms with Crippen LogP contribution in [0.2, 0.25) is 0 Å². The average Bonchev–Trinajstić information content (AvgIpc) is 3.31. The molecule has 1 saturated carbocycles. The molecule has 3 rings (SSSR count). The van der Waals surface area contributed by atoms with Crippen LogP contribution in [-0.2, 0) is 20.0 Å². The summed E-state index contributed by atoms with van der Waals surface area (Å²) in [6.07, 6.45) is 1.76. The summed E-state index contributed by atoms with van der Waals surface area (Å²) in [4.78, 5) is 14.7. The Morgan fingerprint density at radius 2 is 1.87 bits per heavy atom. The van der Waals surface area contributed by atoms with E-state index in [-0.39, 0.29) is 22.8 Å². The Balaban J connectivity index is 1.52. The van der Waals surface area contributed by atoms with E-state index in [1.165, 1.54) is 0 Å². The number of hydrogen-bond donors (Lipinski definition) is 1. The molecule has 1 saturated heterocycles. The third kappa shape index (κ3) is 3.78. The van der Waals surface area contributed by atoms with Gasteiger partial charge in [-0.15, -0.1) is 0 Å². The number of carbonyl (C=O) groups is 1. The van der Waals surface area contributed by atoms with Crippen LogP contribution in [0.5, 0.6) is 0 Å². The van der Waals surface area contributed by atoms with Crippen molar-refractivity contribution in [2.45, 2.75) is 18.3 Å². The highest BCUT2D eigenvalue weighted by Gasteiger charge is 2.51. The SMILES string of the molecule is O=C(NCCN1CCS(=O)(=O)CC1)C1(c2ccccc2Br)CC1. The van der Waals surface area contributed by atoms with Gasteiger partial charge >= 0.3 is 0 Å². The third-order valence-electron chi connectivity index (χ3n) is 4.72. The molecule has 0 atom stereocenters. The standard InChI is InChI=1S/C16H21BrN2O3S/c17-14-4-2-1-3-13(14)16(5-6-16)15(20)18-7-8-19-9-11-23(21,22)12-10-19/h1-4H,5-12H2,(H,18,20). The third-order valence-corrected chi connectivity index (χ3v) is 7.03. The van der Waals surface area contributed by atoms with E-state index in [9.17, 15) is 13.2 Å². The van der Waals surface area contributed by atoms with Crippen molar-refractivity contribution in [2.75, 3.05) is 37.7 Å². The van der Waals surface area contributed by atoms with E-state index < -0.39 is 9.84 Å². The van der Waals surface area contributed by atoms with E-state index in [2.05, 4.69) is 26.1 Å².